The normalized spacial score (nSPS) is 12.4. The number of carbonyl (C=O) groups excluding carboxylic acids is 2. The average Bonchev–Trinajstić information content (AvgIpc) is 3.28. The van der Waals surface area contributed by atoms with Crippen molar-refractivity contribution in [1.82, 2.24) is 10.1 Å². The number of H-pyrrole nitrogens is 1. The summed E-state index contributed by atoms with van der Waals surface area (Å²) in [5.74, 6) is -1.41. The Labute approximate surface area is 214 Å². The van der Waals surface area contributed by atoms with E-state index in [0.717, 1.165) is 4.35 Å². The number of rotatable bonds is 8. The van der Waals surface area contributed by atoms with Crippen LogP contribution in [0, 0.1) is 0 Å². The van der Waals surface area contributed by atoms with E-state index in [1.54, 1.807) is 48.5 Å². The molecule has 0 aliphatic carbocycles. The van der Waals surface area contributed by atoms with Gasteiger partial charge >= 0.3 is 214 Å². The summed E-state index contributed by atoms with van der Waals surface area (Å²) >= 11 is -1.41. The minimum absolute atomic E-state index is 0.260. The van der Waals surface area contributed by atoms with Gasteiger partial charge in [-0.05, 0) is 0 Å². The molecular weight excluding hydrogens is 556 g/mol. The van der Waals surface area contributed by atoms with Crippen molar-refractivity contribution in [3.63, 3.8) is 0 Å². The predicted octanol–water partition coefficient (Wildman–Crippen LogP) is 3.49. The van der Waals surface area contributed by atoms with Crippen LogP contribution in [0.15, 0.2) is 82.1 Å². The van der Waals surface area contributed by atoms with Gasteiger partial charge in [0.25, 0.3) is 0 Å². The van der Waals surface area contributed by atoms with Crippen LogP contribution >= 0.6 is 0 Å². The number of aromatic amines is 1. The molecule has 0 aliphatic rings. The molecule has 0 amide bonds. The van der Waals surface area contributed by atoms with Crippen molar-refractivity contribution < 1.29 is 36.8 Å². The number of aromatic nitrogens is 2. The van der Waals surface area contributed by atoms with Crippen molar-refractivity contribution in [3.05, 3.63) is 88.9 Å². The van der Waals surface area contributed by atoms with Crippen LogP contribution in [0.3, 0.4) is 0 Å². The first-order chi connectivity index (χ1) is 17.6. The Kier molecular flexibility index (Phi) is 7.63. The number of nitrogens with one attached hydrogen (secondary N) is 1. The van der Waals surface area contributed by atoms with E-state index in [0.29, 0.717) is 22.3 Å². The molecule has 0 fully saturated rings. The van der Waals surface area contributed by atoms with Crippen molar-refractivity contribution in [1.29, 1.82) is 0 Å². The molecule has 2 atom stereocenters. The van der Waals surface area contributed by atoms with Crippen LogP contribution in [0.2, 0.25) is 0 Å². The van der Waals surface area contributed by atoms with Crippen molar-refractivity contribution in [2.24, 2.45) is 0 Å². The molecule has 0 spiro atoms. The molecule has 8 nitrogen and oxygen atoms in total. The number of nitrogens with zero attached hydrogens (tertiary/aromatic N) is 1. The predicted molar refractivity (Wildman–Crippen MR) is 127 cm³/mol. The number of alkyl halides is 3. The van der Waals surface area contributed by atoms with E-state index < -0.39 is 39.9 Å². The van der Waals surface area contributed by atoms with Crippen LogP contribution in [-0.4, -0.2) is 42.8 Å². The molecule has 1 aromatic heterocycles. The Morgan fingerprint density at radius 3 is 2.24 bits per heavy atom. The summed E-state index contributed by atoms with van der Waals surface area (Å²) in [5, 5.41) is 3.62. The van der Waals surface area contributed by atoms with Crippen molar-refractivity contribution in [2.75, 3.05) is 0 Å². The molecule has 0 bridgehead atoms. The van der Waals surface area contributed by atoms with E-state index in [2.05, 4.69) is 19.4 Å². The summed E-state index contributed by atoms with van der Waals surface area (Å²) in [7, 11) is 0. The van der Waals surface area contributed by atoms with Gasteiger partial charge < -0.3 is 0 Å². The van der Waals surface area contributed by atoms with Crippen molar-refractivity contribution in [2.45, 2.75) is 19.4 Å². The molecule has 3 aromatic carbocycles. The topological polar surface area (TPSA) is 111 Å². The molecule has 4 rings (SSSR count). The van der Waals surface area contributed by atoms with Gasteiger partial charge in [-0.25, -0.2) is 0 Å². The molecule has 0 radical (unpaired) electrons. The van der Waals surface area contributed by atoms with Crippen LogP contribution in [0.25, 0.3) is 22.5 Å². The van der Waals surface area contributed by atoms with E-state index in [1.807, 2.05) is 0 Å². The maximum atomic E-state index is 13.2. The van der Waals surface area contributed by atoms with E-state index in [-0.39, 0.29) is 16.1 Å². The fourth-order valence-electron chi connectivity index (χ4n) is 3.44. The van der Waals surface area contributed by atoms with Crippen LogP contribution in [-0.2, 0) is 14.3 Å². The van der Waals surface area contributed by atoms with Gasteiger partial charge in [-0.3, -0.25) is 0 Å². The minimum atomic E-state index is -4.79. The van der Waals surface area contributed by atoms with E-state index >= 15 is 0 Å². The third kappa shape index (κ3) is 6.98. The van der Waals surface area contributed by atoms with Gasteiger partial charge in [-0.2, -0.15) is 0 Å². The summed E-state index contributed by atoms with van der Waals surface area (Å²) in [5.41, 5.74) is 2.24. The Morgan fingerprint density at radius 1 is 0.973 bits per heavy atom. The SMILES string of the molecule is CC(=O)OC(C(=O)[AsH]c1ccc(-c2noc(=O)[nH]2)cc1)c1cccc(-c2ccc(OC(F)(F)F)cc2)c1. The fourth-order valence-corrected chi connectivity index (χ4v) is 5.49. The number of benzene rings is 3. The molecule has 1 N–H and O–H groups in total. The molecule has 0 saturated carbocycles. The monoisotopic (exact) mass is 574 g/mol. The number of hydrogen-bond donors (Lipinski definition) is 1. The van der Waals surface area contributed by atoms with Gasteiger partial charge in [0.05, 0.1) is 0 Å². The second kappa shape index (κ2) is 10.9. The van der Waals surface area contributed by atoms with E-state index in [4.69, 9.17) is 4.74 Å². The first-order valence-corrected chi connectivity index (χ1v) is 12.8. The molecule has 37 heavy (non-hydrogen) atoms. The van der Waals surface area contributed by atoms with Crippen LogP contribution in [0.5, 0.6) is 5.75 Å². The second-order valence-corrected chi connectivity index (χ2v) is 10.5. The summed E-state index contributed by atoms with van der Waals surface area (Å²) in [6.07, 6.45) is -5.94. The summed E-state index contributed by atoms with van der Waals surface area (Å²) in [6, 6.07) is 18.8. The van der Waals surface area contributed by atoms with Crippen molar-refractivity contribution in [3.8, 4) is 28.3 Å². The Bertz CT molecular complexity index is 1460. The third-order valence-electron chi connectivity index (χ3n) is 5.00. The van der Waals surface area contributed by atoms with Gasteiger partial charge in [0.2, 0.25) is 0 Å². The van der Waals surface area contributed by atoms with Crippen molar-refractivity contribution >= 4 is 30.6 Å². The van der Waals surface area contributed by atoms with Crippen LogP contribution < -0.4 is 14.8 Å². The molecule has 2 unspecified atom stereocenters. The average molecular weight is 574 g/mol. The van der Waals surface area contributed by atoms with E-state index in [1.165, 1.54) is 31.2 Å². The number of carbonyl (C=O) groups is 2. The molecular formula is C25H18AsF3N2O6. The molecule has 0 aliphatic heterocycles. The zero-order chi connectivity index (χ0) is 26.6. The first-order valence-electron chi connectivity index (χ1n) is 10.7. The van der Waals surface area contributed by atoms with Gasteiger partial charge in [0.15, 0.2) is 0 Å². The Hall–Kier alpha value is -4.11. The summed E-state index contributed by atoms with van der Waals surface area (Å²) < 4.78 is 51.5. The zero-order valence-corrected chi connectivity index (χ0v) is 21.1. The number of halogens is 3. The molecule has 0 saturated heterocycles. The summed E-state index contributed by atoms with van der Waals surface area (Å²) in [6.45, 7) is 1.21. The quantitative estimate of drug-likeness (QED) is 0.254. The van der Waals surface area contributed by atoms with Gasteiger partial charge in [-0.15, -0.1) is 0 Å². The van der Waals surface area contributed by atoms with Gasteiger partial charge in [0, 0.05) is 0 Å². The summed E-state index contributed by atoms with van der Waals surface area (Å²) in [4.78, 5) is 38.6. The molecule has 1 heterocycles. The fraction of sp³-hybridized carbons (Fsp3) is 0.120. The Morgan fingerprint density at radius 2 is 1.65 bits per heavy atom. The Balaban J connectivity index is 1.54. The molecule has 4 aromatic rings. The molecule has 190 valence electrons. The van der Waals surface area contributed by atoms with Gasteiger partial charge in [-0.1, -0.05) is 0 Å². The van der Waals surface area contributed by atoms with Crippen LogP contribution in [0.4, 0.5) is 13.2 Å². The zero-order valence-electron chi connectivity index (χ0n) is 19.0. The van der Waals surface area contributed by atoms with Gasteiger partial charge in [0.1, 0.15) is 0 Å². The number of esters is 1. The second-order valence-electron chi connectivity index (χ2n) is 7.70. The van der Waals surface area contributed by atoms with Crippen LogP contribution in [0.1, 0.15) is 18.6 Å². The number of ether oxygens (including phenoxy) is 2. The third-order valence-corrected chi connectivity index (χ3v) is 7.37. The number of hydrogen-bond acceptors (Lipinski definition) is 7. The molecule has 12 heteroatoms. The first kappa shape index (κ1) is 26.0. The standard InChI is InChI=1S/C25H18AsF3N2O6/c1-14(32)35-21(22(33)26-19-9-5-16(6-10-19)23-30-24(34)37-31-23)18-4-2-3-17(13-18)15-7-11-20(12-8-15)36-25(27,28)29/h2-13,21,26H,1H3,(H,30,31,34). The maximum absolute atomic E-state index is 13.2. The van der Waals surface area contributed by atoms with E-state index in [9.17, 15) is 27.6 Å².